The molecule has 3 rings (SSSR count). The van der Waals surface area contributed by atoms with Crippen LogP contribution in [0.3, 0.4) is 0 Å². The second-order valence-corrected chi connectivity index (χ2v) is 6.27. The number of anilines is 2. The van der Waals surface area contributed by atoms with Crippen molar-refractivity contribution in [2.45, 2.75) is 0 Å². The number of amides is 2. The van der Waals surface area contributed by atoms with Crippen molar-refractivity contribution in [2.24, 2.45) is 0 Å². The number of methoxy groups -OCH3 is 1. The van der Waals surface area contributed by atoms with Crippen molar-refractivity contribution in [1.82, 2.24) is 9.88 Å². The SMILES string of the molecule is COc1ccc(NC(=O)c2cncc(N3CCN(C=O)CC3)c2)cc1Cl. The quantitative estimate of drug-likeness (QED) is 0.813. The molecule has 136 valence electrons. The summed E-state index contributed by atoms with van der Waals surface area (Å²) in [7, 11) is 1.53. The van der Waals surface area contributed by atoms with Gasteiger partial charge in [0.2, 0.25) is 6.41 Å². The third-order valence-electron chi connectivity index (χ3n) is 4.22. The standard InChI is InChI=1S/C18H19ClN4O3/c1-26-17-3-2-14(9-16(17)19)21-18(25)13-8-15(11-20-10-13)23-6-4-22(12-24)5-7-23/h2-3,8-12H,4-7H2,1H3,(H,21,25). The Labute approximate surface area is 156 Å². The fourth-order valence-electron chi connectivity index (χ4n) is 2.76. The molecule has 0 bridgehead atoms. The highest BCUT2D eigenvalue weighted by Gasteiger charge is 2.17. The highest BCUT2D eigenvalue weighted by atomic mass is 35.5. The van der Waals surface area contributed by atoms with Crippen molar-refractivity contribution in [3.05, 3.63) is 47.2 Å². The van der Waals surface area contributed by atoms with E-state index in [-0.39, 0.29) is 5.91 Å². The molecule has 0 unspecified atom stereocenters. The van der Waals surface area contributed by atoms with Crippen LogP contribution in [-0.4, -0.2) is 55.5 Å². The van der Waals surface area contributed by atoms with Crippen molar-refractivity contribution >= 4 is 35.3 Å². The van der Waals surface area contributed by atoms with E-state index in [0.29, 0.717) is 48.2 Å². The number of ether oxygens (including phenoxy) is 1. The normalized spacial score (nSPS) is 14.1. The van der Waals surface area contributed by atoms with Gasteiger partial charge in [0.15, 0.2) is 0 Å². The number of carbonyl (C=O) groups excluding carboxylic acids is 2. The molecule has 1 aromatic heterocycles. The summed E-state index contributed by atoms with van der Waals surface area (Å²) in [5.41, 5.74) is 1.88. The summed E-state index contributed by atoms with van der Waals surface area (Å²) in [6, 6.07) is 6.84. The predicted octanol–water partition coefficient (Wildman–Crippen LogP) is 2.27. The molecule has 2 amide bonds. The number of benzene rings is 1. The molecule has 2 aromatic rings. The van der Waals surface area contributed by atoms with Crippen LogP contribution in [-0.2, 0) is 4.79 Å². The lowest BCUT2D eigenvalue weighted by Gasteiger charge is -2.34. The minimum Gasteiger partial charge on any atom is -0.495 e. The van der Waals surface area contributed by atoms with Gasteiger partial charge in [-0.15, -0.1) is 0 Å². The number of aromatic nitrogens is 1. The Morgan fingerprint density at radius 3 is 2.65 bits per heavy atom. The lowest BCUT2D eigenvalue weighted by Crippen LogP contribution is -2.45. The van der Waals surface area contributed by atoms with Crippen LogP contribution in [0.1, 0.15) is 10.4 Å². The summed E-state index contributed by atoms with van der Waals surface area (Å²) < 4.78 is 5.10. The van der Waals surface area contributed by atoms with Crippen LogP contribution in [0, 0.1) is 0 Å². The fraction of sp³-hybridized carbons (Fsp3) is 0.278. The van der Waals surface area contributed by atoms with Crippen LogP contribution in [0.4, 0.5) is 11.4 Å². The summed E-state index contributed by atoms with van der Waals surface area (Å²) in [6.45, 7) is 2.73. The molecule has 1 aromatic carbocycles. The molecule has 0 aliphatic carbocycles. The van der Waals surface area contributed by atoms with Crippen LogP contribution in [0.2, 0.25) is 5.02 Å². The molecule has 8 heteroatoms. The smallest absolute Gasteiger partial charge is 0.257 e. The molecular formula is C18H19ClN4O3. The van der Waals surface area contributed by atoms with Gasteiger partial charge < -0.3 is 19.9 Å². The minimum absolute atomic E-state index is 0.271. The van der Waals surface area contributed by atoms with Crippen LogP contribution < -0.4 is 15.0 Å². The Kier molecular flexibility index (Phi) is 5.58. The molecule has 1 aliphatic heterocycles. The molecule has 0 radical (unpaired) electrons. The number of pyridine rings is 1. The zero-order chi connectivity index (χ0) is 18.5. The monoisotopic (exact) mass is 374 g/mol. The van der Waals surface area contributed by atoms with Crippen molar-refractivity contribution in [2.75, 3.05) is 43.5 Å². The second kappa shape index (κ2) is 8.05. The second-order valence-electron chi connectivity index (χ2n) is 5.86. The maximum absolute atomic E-state index is 12.5. The van der Waals surface area contributed by atoms with E-state index in [1.807, 2.05) is 0 Å². The van der Waals surface area contributed by atoms with E-state index in [0.717, 1.165) is 12.1 Å². The maximum atomic E-state index is 12.5. The lowest BCUT2D eigenvalue weighted by atomic mass is 10.2. The van der Waals surface area contributed by atoms with E-state index in [4.69, 9.17) is 16.3 Å². The number of carbonyl (C=O) groups is 2. The van der Waals surface area contributed by atoms with E-state index < -0.39 is 0 Å². The van der Waals surface area contributed by atoms with Gasteiger partial charge in [0.1, 0.15) is 5.75 Å². The molecule has 0 spiro atoms. The Morgan fingerprint density at radius 2 is 2.00 bits per heavy atom. The van der Waals surface area contributed by atoms with Crippen LogP contribution in [0.5, 0.6) is 5.75 Å². The molecule has 0 atom stereocenters. The zero-order valence-corrected chi connectivity index (χ0v) is 15.1. The summed E-state index contributed by atoms with van der Waals surface area (Å²) in [4.78, 5) is 31.3. The van der Waals surface area contributed by atoms with Gasteiger partial charge >= 0.3 is 0 Å². The zero-order valence-electron chi connectivity index (χ0n) is 14.3. The van der Waals surface area contributed by atoms with E-state index in [9.17, 15) is 9.59 Å². The van der Waals surface area contributed by atoms with Gasteiger partial charge in [0.25, 0.3) is 5.91 Å². The number of nitrogens with one attached hydrogen (secondary N) is 1. The first-order valence-electron chi connectivity index (χ1n) is 8.15. The van der Waals surface area contributed by atoms with Gasteiger partial charge in [-0.2, -0.15) is 0 Å². The summed E-state index contributed by atoms with van der Waals surface area (Å²) in [6.07, 6.45) is 4.10. The van der Waals surface area contributed by atoms with E-state index in [2.05, 4.69) is 15.2 Å². The molecule has 1 saturated heterocycles. The van der Waals surface area contributed by atoms with Crippen LogP contribution in [0.15, 0.2) is 36.7 Å². The Hall–Kier alpha value is -2.80. The number of hydrogen-bond acceptors (Lipinski definition) is 5. The van der Waals surface area contributed by atoms with Crippen molar-refractivity contribution < 1.29 is 14.3 Å². The van der Waals surface area contributed by atoms with Gasteiger partial charge in [0, 0.05) is 38.1 Å². The first kappa shape index (κ1) is 18.0. The van der Waals surface area contributed by atoms with Gasteiger partial charge in [-0.1, -0.05) is 11.6 Å². The number of piperazine rings is 1. The minimum atomic E-state index is -0.271. The predicted molar refractivity (Wildman–Crippen MR) is 100 cm³/mol. The first-order valence-corrected chi connectivity index (χ1v) is 8.52. The highest BCUT2D eigenvalue weighted by molar-refractivity contribution is 6.32. The van der Waals surface area contributed by atoms with Gasteiger partial charge in [-0.25, -0.2) is 0 Å². The Morgan fingerprint density at radius 1 is 1.23 bits per heavy atom. The maximum Gasteiger partial charge on any atom is 0.257 e. The van der Waals surface area contributed by atoms with E-state index in [1.54, 1.807) is 35.4 Å². The van der Waals surface area contributed by atoms with Gasteiger partial charge in [0.05, 0.1) is 29.6 Å². The summed E-state index contributed by atoms with van der Waals surface area (Å²) in [5, 5.41) is 3.23. The number of rotatable bonds is 5. The molecule has 0 saturated carbocycles. The molecule has 1 N–H and O–H groups in total. The number of hydrogen-bond donors (Lipinski definition) is 1. The average molecular weight is 375 g/mol. The van der Waals surface area contributed by atoms with E-state index >= 15 is 0 Å². The molecular weight excluding hydrogens is 356 g/mol. The molecule has 1 aliphatic rings. The third-order valence-corrected chi connectivity index (χ3v) is 4.52. The molecule has 1 fully saturated rings. The average Bonchev–Trinajstić information content (AvgIpc) is 2.68. The van der Waals surface area contributed by atoms with Gasteiger partial charge in [-0.05, 0) is 24.3 Å². The van der Waals surface area contributed by atoms with E-state index in [1.165, 1.54) is 13.3 Å². The third kappa shape index (κ3) is 4.05. The summed E-state index contributed by atoms with van der Waals surface area (Å²) >= 11 is 6.09. The van der Waals surface area contributed by atoms with Crippen molar-refractivity contribution in [3.8, 4) is 5.75 Å². The van der Waals surface area contributed by atoms with Crippen molar-refractivity contribution in [1.29, 1.82) is 0 Å². The molecule has 2 heterocycles. The summed E-state index contributed by atoms with van der Waals surface area (Å²) in [5.74, 6) is 0.273. The molecule has 7 nitrogen and oxygen atoms in total. The largest absolute Gasteiger partial charge is 0.495 e. The highest BCUT2D eigenvalue weighted by Crippen LogP contribution is 2.27. The fourth-order valence-corrected chi connectivity index (χ4v) is 3.02. The topological polar surface area (TPSA) is 74.8 Å². The Balaban J connectivity index is 1.70. The lowest BCUT2D eigenvalue weighted by molar-refractivity contribution is -0.118. The Bertz CT molecular complexity index is 807. The number of halogens is 1. The molecule has 26 heavy (non-hydrogen) atoms. The van der Waals surface area contributed by atoms with Crippen LogP contribution in [0.25, 0.3) is 0 Å². The number of nitrogens with zero attached hydrogens (tertiary/aromatic N) is 3. The first-order chi connectivity index (χ1) is 12.6. The van der Waals surface area contributed by atoms with Crippen molar-refractivity contribution in [3.63, 3.8) is 0 Å². The van der Waals surface area contributed by atoms with Gasteiger partial charge in [-0.3, -0.25) is 14.6 Å². The van der Waals surface area contributed by atoms with Crippen LogP contribution >= 0.6 is 11.6 Å².